The first-order chi connectivity index (χ1) is 7.66. The van der Waals surface area contributed by atoms with Gasteiger partial charge in [0.25, 0.3) is 0 Å². The van der Waals surface area contributed by atoms with E-state index in [4.69, 9.17) is 27.9 Å². The molecule has 2 rings (SSSR count). The lowest BCUT2D eigenvalue weighted by molar-refractivity contribution is 0.310. The van der Waals surface area contributed by atoms with Crippen LogP contribution in [0, 0.1) is 0 Å². The molecule has 16 heavy (non-hydrogen) atoms. The van der Waals surface area contributed by atoms with Gasteiger partial charge in [-0.3, -0.25) is 0 Å². The summed E-state index contributed by atoms with van der Waals surface area (Å²) in [6, 6.07) is 7.31. The van der Waals surface area contributed by atoms with Crippen LogP contribution in [0.4, 0.5) is 0 Å². The fourth-order valence-electron chi connectivity index (χ4n) is 1.19. The summed E-state index contributed by atoms with van der Waals surface area (Å²) >= 11 is 17.0. The molecule has 2 aromatic rings. The summed E-state index contributed by atoms with van der Waals surface area (Å²) in [6.45, 7) is 0.472. The molecule has 0 aliphatic rings. The average Bonchev–Trinajstić information content (AvgIpc) is 2.63. The first-order valence-electron chi connectivity index (χ1n) is 4.46. The van der Waals surface area contributed by atoms with Crippen molar-refractivity contribution in [1.29, 1.82) is 0 Å². The number of ether oxygens (including phenoxy) is 1. The predicted molar refractivity (Wildman–Crippen MR) is 72.8 cm³/mol. The number of hydrogen-bond acceptors (Lipinski definition) is 2. The van der Waals surface area contributed by atoms with Crippen LogP contribution < -0.4 is 4.74 Å². The molecule has 0 spiro atoms. The van der Waals surface area contributed by atoms with Crippen molar-refractivity contribution in [1.82, 2.24) is 0 Å². The van der Waals surface area contributed by atoms with Gasteiger partial charge in [0, 0.05) is 14.7 Å². The second-order valence-corrected chi connectivity index (χ2v) is 5.80. The third kappa shape index (κ3) is 2.92. The first kappa shape index (κ1) is 12.2. The second kappa shape index (κ2) is 5.41. The number of para-hydroxylation sites is 1. The Morgan fingerprint density at radius 3 is 2.50 bits per heavy atom. The topological polar surface area (TPSA) is 9.23 Å². The third-order valence-electron chi connectivity index (χ3n) is 1.90. The minimum absolute atomic E-state index is 0.472. The van der Waals surface area contributed by atoms with Crippen LogP contribution in [0.1, 0.15) is 4.88 Å². The zero-order valence-electron chi connectivity index (χ0n) is 8.04. The highest BCUT2D eigenvalue weighted by Gasteiger charge is 2.07. The highest BCUT2D eigenvalue weighted by molar-refractivity contribution is 9.10. The van der Waals surface area contributed by atoms with E-state index in [0.29, 0.717) is 22.4 Å². The fraction of sp³-hybridized carbons (Fsp3) is 0.0909. The highest BCUT2D eigenvalue weighted by Crippen LogP contribution is 2.33. The molecule has 1 heterocycles. The van der Waals surface area contributed by atoms with Gasteiger partial charge in [-0.25, -0.2) is 0 Å². The molecule has 0 radical (unpaired) electrons. The molecule has 0 atom stereocenters. The van der Waals surface area contributed by atoms with E-state index in [9.17, 15) is 0 Å². The van der Waals surface area contributed by atoms with Crippen LogP contribution >= 0.6 is 50.5 Å². The maximum absolute atomic E-state index is 5.99. The Balaban J connectivity index is 2.10. The third-order valence-corrected chi connectivity index (χ3v) is 4.17. The van der Waals surface area contributed by atoms with Crippen molar-refractivity contribution in [2.75, 3.05) is 0 Å². The molecule has 0 N–H and O–H groups in total. The lowest BCUT2D eigenvalue weighted by Gasteiger charge is -2.08. The number of benzene rings is 1. The lowest BCUT2D eigenvalue weighted by atomic mass is 10.3. The molecular formula is C11H7BrCl2OS. The number of thiophene rings is 1. The van der Waals surface area contributed by atoms with E-state index in [-0.39, 0.29) is 0 Å². The molecule has 0 fully saturated rings. The summed E-state index contributed by atoms with van der Waals surface area (Å²) < 4.78 is 6.65. The van der Waals surface area contributed by atoms with Crippen molar-refractivity contribution in [3.05, 3.63) is 49.0 Å². The van der Waals surface area contributed by atoms with Crippen molar-refractivity contribution >= 4 is 50.5 Å². The number of hydrogen-bond donors (Lipinski definition) is 0. The van der Waals surface area contributed by atoms with Gasteiger partial charge in [0.05, 0.1) is 10.0 Å². The van der Waals surface area contributed by atoms with Crippen LogP contribution in [0.25, 0.3) is 0 Å². The van der Waals surface area contributed by atoms with Gasteiger partial charge in [0.1, 0.15) is 6.61 Å². The molecule has 0 aliphatic heterocycles. The molecule has 1 aromatic heterocycles. The zero-order chi connectivity index (χ0) is 11.5. The van der Waals surface area contributed by atoms with Gasteiger partial charge in [-0.1, -0.05) is 29.3 Å². The normalized spacial score (nSPS) is 10.4. The minimum Gasteiger partial charge on any atom is -0.485 e. The molecule has 1 aromatic carbocycles. The maximum Gasteiger partial charge on any atom is 0.157 e. The molecule has 0 unspecified atom stereocenters. The van der Waals surface area contributed by atoms with Crippen LogP contribution in [0.5, 0.6) is 5.75 Å². The quantitative estimate of drug-likeness (QED) is 0.728. The summed E-state index contributed by atoms with van der Waals surface area (Å²) in [7, 11) is 0. The Morgan fingerprint density at radius 1 is 1.25 bits per heavy atom. The molecule has 0 amide bonds. The molecule has 1 nitrogen and oxygen atoms in total. The fourth-order valence-corrected chi connectivity index (χ4v) is 3.06. The Morgan fingerprint density at radius 2 is 1.94 bits per heavy atom. The molecule has 84 valence electrons. The molecule has 0 saturated carbocycles. The van der Waals surface area contributed by atoms with Crippen LogP contribution in [-0.2, 0) is 6.61 Å². The summed E-state index contributed by atoms with van der Waals surface area (Å²) in [6.07, 6.45) is 0. The van der Waals surface area contributed by atoms with Gasteiger partial charge in [0.2, 0.25) is 0 Å². The van der Waals surface area contributed by atoms with Crippen molar-refractivity contribution in [2.24, 2.45) is 0 Å². The Labute approximate surface area is 116 Å². The summed E-state index contributed by atoms with van der Waals surface area (Å²) in [5, 5.41) is 3.07. The molecule has 0 saturated heterocycles. The highest BCUT2D eigenvalue weighted by atomic mass is 79.9. The van der Waals surface area contributed by atoms with E-state index in [1.54, 1.807) is 29.5 Å². The molecule has 0 bridgehead atoms. The van der Waals surface area contributed by atoms with Gasteiger partial charge in [-0.05, 0) is 34.1 Å². The monoisotopic (exact) mass is 336 g/mol. The predicted octanol–water partition coefficient (Wildman–Crippen LogP) is 5.40. The van der Waals surface area contributed by atoms with Crippen molar-refractivity contribution in [3.8, 4) is 5.75 Å². The van der Waals surface area contributed by atoms with Gasteiger partial charge < -0.3 is 4.74 Å². The van der Waals surface area contributed by atoms with E-state index in [1.165, 1.54) is 0 Å². The summed E-state index contributed by atoms with van der Waals surface area (Å²) in [5.41, 5.74) is 0. The minimum atomic E-state index is 0.472. The Hall–Kier alpha value is -0.220. The van der Waals surface area contributed by atoms with Crippen molar-refractivity contribution < 1.29 is 4.74 Å². The smallest absolute Gasteiger partial charge is 0.157 e. The van der Waals surface area contributed by atoms with Gasteiger partial charge in [-0.2, -0.15) is 0 Å². The first-order valence-corrected chi connectivity index (χ1v) is 6.89. The van der Waals surface area contributed by atoms with Crippen LogP contribution in [0.2, 0.25) is 10.0 Å². The van der Waals surface area contributed by atoms with E-state index in [1.807, 2.05) is 11.4 Å². The standard InChI is InChI=1S/C11H7BrCl2OS/c12-7-4-8(16-6-7)5-15-11-9(13)2-1-3-10(11)14/h1-4,6H,5H2. The van der Waals surface area contributed by atoms with Crippen LogP contribution in [-0.4, -0.2) is 0 Å². The van der Waals surface area contributed by atoms with E-state index < -0.39 is 0 Å². The Kier molecular flexibility index (Phi) is 4.14. The average molecular weight is 338 g/mol. The summed E-state index contributed by atoms with van der Waals surface area (Å²) in [5.74, 6) is 0.537. The largest absolute Gasteiger partial charge is 0.485 e. The Bertz CT molecular complexity index is 478. The zero-order valence-corrected chi connectivity index (χ0v) is 12.0. The van der Waals surface area contributed by atoms with Crippen molar-refractivity contribution in [2.45, 2.75) is 6.61 Å². The van der Waals surface area contributed by atoms with Gasteiger partial charge in [-0.15, -0.1) is 11.3 Å². The van der Waals surface area contributed by atoms with Crippen LogP contribution in [0.3, 0.4) is 0 Å². The van der Waals surface area contributed by atoms with E-state index >= 15 is 0 Å². The molecule has 0 aliphatic carbocycles. The van der Waals surface area contributed by atoms with Gasteiger partial charge in [0.15, 0.2) is 5.75 Å². The lowest BCUT2D eigenvalue weighted by Crippen LogP contribution is -1.94. The van der Waals surface area contributed by atoms with Crippen molar-refractivity contribution in [3.63, 3.8) is 0 Å². The summed E-state index contributed by atoms with van der Waals surface area (Å²) in [4.78, 5) is 1.11. The van der Waals surface area contributed by atoms with Crippen LogP contribution in [0.15, 0.2) is 34.1 Å². The van der Waals surface area contributed by atoms with E-state index in [2.05, 4.69) is 15.9 Å². The SMILES string of the molecule is Clc1cccc(Cl)c1OCc1cc(Br)cs1. The number of rotatable bonds is 3. The van der Waals surface area contributed by atoms with Gasteiger partial charge >= 0.3 is 0 Å². The second-order valence-electron chi connectivity index (χ2n) is 3.07. The maximum atomic E-state index is 5.99. The van der Waals surface area contributed by atoms with E-state index in [0.717, 1.165) is 9.35 Å². The molecular weight excluding hydrogens is 331 g/mol. The molecule has 5 heteroatoms. The number of halogens is 3.